The van der Waals surface area contributed by atoms with Crippen molar-refractivity contribution in [3.63, 3.8) is 0 Å². The summed E-state index contributed by atoms with van der Waals surface area (Å²) in [6.45, 7) is 6.19. The van der Waals surface area contributed by atoms with Gasteiger partial charge in [0.1, 0.15) is 0 Å². The Kier molecular flexibility index (Phi) is 7.64. The van der Waals surface area contributed by atoms with Gasteiger partial charge in [-0.25, -0.2) is 16.8 Å². The molecule has 0 heterocycles. The zero-order valence-corrected chi connectivity index (χ0v) is 18.3. The molecule has 0 radical (unpaired) electrons. The van der Waals surface area contributed by atoms with Crippen LogP contribution in [-0.2, 0) is 29.4 Å². The van der Waals surface area contributed by atoms with Crippen molar-refractivity contribution in [1.29, 1.82) is 0 Å². The van der Waals surface area contributed by atoms with Crippen molar-refractivity contribution < 1.29 is 26.4 Å². The van der Waals surface area contributed by atoms with Crippen LogP contribution in [0.1, 0.15) is 46.5 Å². The van der Waals surface area contributed by atoms with Crippen molar-refractivity contribution >= 4 is 25.8 Å². The largest absolute Gasteiger partial charge is 0.466 e. The molecule has 0 N–H and O–H groups in total. The average Bonchev–Trinajstić information content (AvgIpc) is 2.69. The molecule has 0 unspecified atom stereocenters. The number of sulfonamides is 1. The van der Waals surface area contributed by atoms with Gasteiger partial charge >= 0.3 is 5.97 Å². The lowest BCUT2D eigenvalue weighted by atomic mass is 9.89. The monoisotopic (exact) mass is 431 g/mol. The first-order valence-corrected chi connectivity index (χ1v) is 12.7. The maximum atomic E-state index is 13.0. The van der Waals surface area contributed by atoms with Gasteiger partial charge in [0, 0.05) is 13.1 Å². The van der Waals surface area contributed by atoms with E-state index in [1.54, 1.807) is 20.8 Å². The number of hydrogen-bond acceptors (Lipinski definition) is 6. The molecule has 1 aliphatic carbocycles. The molecule has 0 aromatic heterocycles. The lowest BCUT2D eigenvalue weighted by molar-refractivity contribution is -0.149. The highest BCUT2D eigenvalue weighted by molar-refractivity contribution is 7.92. The Balaban J connectivity index is 2.23. The van der Waals surface area contributed by atoms with E-state index in [0.717, 1.165) is 0 Å². The zero-order valence-electron chi connectivity index (χ0n) is 16.6. The summed E-state index contributed by atoms with van der Waals surface area (Å²) in [6, 6.07) is 5.37. The molecule has 0 aliphatic heterocycles. The minimum Gasteiger partial charge on any atom is -0.466 e. The SMILES string of the molecule is CCOC(=O)[C@H]1CCC[C@H](S(=O)(=O)c2ccc(S(=O)(=O)N(CC)CC)cc2)C1. The maximum Gasteiger partial charge on any atom is 0.308 e. The third kappa shape index (κ3) is 4.75. The summed E-state index contributed by atoms with van der Waals surface area (Å²) in [5, 5.41) is -0.666. The molecule has 1 aromatic carbocycles. The number of esters is 1. The molecule has 158 valence electrons. The van der Waals surface area contributed by atoms with Crippen molar-refractivity contribution in [2.24, 2.45) is 5.92 Å². The van der Waals surface area contributed by atoms with E-state index in [2.05, 4.69) is 0 Å². The topological polar surface area (TPSA) is 97.8 Å². The van der Waals surface area contributed by atoms with E-state index in [4.69, 9.17) is 4.74 Å². The third-order valence-electron chi connectivity index (χ3n) is 5.18. The Morgan fingerprint density at radius 3 is 2.11 bits per heavy atom. The molecule has 28 heavy (non-hydrogen) atoms. The highest BCUT2D eigenvalue weighted by Gasteiger charge is 2.36. The van der Waals surface area contributed by atoms with Crippen LogP contribution in [0.25, 0.3) is 0 Å². The van der Waals surface area contributed by atoms with Gasteiger partial charge in [-0.15, -0.1) is 0 Å². The van der Waals surface area contributed by atoms with Crippen molar-refractivity contribution in [3.8, 4) is 0 Å². The molecule has 0 amide bonds. The second kappa shape index (κ2) is 9.37. The Morgan fingerprint density at radius 1 is 1.00 bits per heavy atom. The van der Waals surface area contributed by atoms with Crippen LogP contribution in [0.15, 0.2) is 34.1 Å². The number of nitrogens with zero attached hydrogens (tertiary/aromatic N) is 1. The minimum absolute atomic E-state index is 0.0724. The Hall–Kier alpha value is -1.45. The van der Waals surface area contributed by atoms with Gasteiger partial charge in [0.05, 0.1) is 27.6 Å². The molecule has 2 atom stereocenters. The lowest BCUT2D eigenvalue weighted by Gasteiger charge is -2.27. The standard InChI is InChI=1S/C19H29NO6S2/c1-4-20(5-2)28(24,25)17-12-10-16(11-13-17)27(22,23)18-9-7-8-15(14-18)19(21)26-6-3/h10-13,15,18H,4-9,14H2,1-3H3/t15-,18-/m0/s1. The third-order valence-corrected chi connectivity index (χ3v) is 9.48. The number of benzene rings is 1. The zero-order chi connectivity index (χ0) is 20.9. The Morgan fingerprint density at radius 2 is 1.57 bits per heavy atom. The molecule has 1 fully saturated rings. The summed E-state index contributed by atoms with van der Waals surface area (Å²) in [6.07, 6.45) is 1.99. The Bertz CT molecular complexity index is 874. The average molecular weight is 432 g/mol. The number of rotatable bonds is 8. The summed E-state index contributed by atoms with van der Waals surface area (Å²) < 4.78 is 57.5. The van der Waals surface area contributed by atoms with Gasteiger partial charge in [-0.2, -0.15) is 4.31 Å². The first kappa shape index (κ1) is 22.8. The van der Waals surface area contributed by atoms with Crippen molar-refractivity contribution in [1.82, 2.24) is 4.31 Å². The molecule has 0 spiro atoms. The molecule has 1 aliphatic rings. The van der Waals surface area contributed by atoms with Crippen LogP contribution in [0.3, 0.4) is 0 Å². The van der Waals surface area contributed by atoms with E-state index < -0.39 is 31.0 Å². The minimum atomic E-state index is -3.65. The second-order valence-electron chi connectivity index (χ2n) is 6.84. The van der Waals surface area contributed by atoms with Gasteiger partial charge in [0.2, 0.25) is 10.0 Å². The van der Waals surface area contributed by atoms with Gasteiger partial charge < -0.3 is 4.74 Å². The maximum absolute atomic E-state index is 13.0. The van der Waals surface area contributed by atoms with Crippen LogP contribution in [0.5, 0.6) is 0 Å². The molecular weight excluding hydrogens is 402 g/mol. The number of carbonyl (C=O) groups excluding carboxylic acids is 1. The van der Waals surface area contributed by atoms with Crippen LogP contribution < -0.4 is 0 Å². The van der Waals surface area contributed by atoms with Gasteiger partial charge in [-0.1, -0.05) is 20.3 Å². The molecule has 7 nitrogen and oxygen atoms in total. The van der Waals surface area contributed by atoms with Crippen molar-refractivity contribution in [2.75, 3.05) is 19.7 Å². The van der Waals surface area contributed by atoms with Crippen LogP contribution in [0, 0.1) is 5.92 Å². The normalized spacial score (nSPS) is 20.9. The number of sulfone groups is 1. The molecule has 0 saturated heterocycles. The van der Waals surface area contributed by atoms with Crippen LogP contribution >= 0.6 is 0 Å². The fourth-order valence-corrected chi connectivity index (χ4v) is 6.93. The van der Waals surface area contributed by atoms with Crippen LogP contribution in [-0.4, -0.2) is 52.1 Å². The molecule has 9 heteroatoms. The van der Waals surface area contributed by atoms with Gasteiger partial charge in [-0.3, -0.25) is 4.79 Å². The molecule has 0 bridgehead atoms. The summed E-state index contributed by atoms with van der Waals surface area (Å²) in [4.78, 5) is 12.2. The molecule has 2 rings (SSSR count). The number of hydrogen-bond donors (Lipinski definition) is 0. The lowest BCUT2D eigenvalue weighted by Crippen LogP contribution is -2.32. The van der Waals surface area contributed by atoms with E-state index in [1.807, 2.05) is 0 Å². The quantitative estimate of drug-likeness (QED) is 0.587. The van der Waals surface area contributed by atoms with E-state index in [1.165, 1.54) is 28.6 Å². The predicted octanol–water partition coefficient (Wildman–Crippen LogP) is 2.61. The van der Waals surface area contributed by atoms with E-state index in [-0.39, 0.29) is 28.8 Å². The number of ether oxygens (including phenoxy) is 1. The first-order chi connectivity index (χ1) is 13.2. The van der Waals surface area contributed by atoms with E-state index in [9.17, 15) is 21.6 Å². The second-order valence-corrected chi connectivity index (χ2v) is 11.0. The predicted molar refractivity (Wildman–Crippen MR) is 106 cm³/mol. The smallest absolute Gasteiger partial charge is 0.308 e. The van der Waals surface area contributed by atoms with Gasteiger partial charge in [-0.05, 0) is 50.5 Å². The van der Waals surface area contributed by atoms with Crippen LogP contribution in [0.4, 0.5) is 0 Å². The summed E-state index contributed by atoms with van der Waals surface area (Å²) in [7, 11) is -7.29. The molecule has 1 saturated carbocycles. The number of carbonyl (C=O) groups is 1. The van der Waals surface area contributed by atoms with Gasteiger partial charge in [0.25, 0.3) is 0 Å². The van der Waals surface area contributed by atoms with Crippen molar-refractivity contribution in [3.05, 3.63) is 24.3 Å². The summed E-state index contributed by atoms with van der Waals surface area (Å²) >= 11 is 0. The van der Waals surface area contributed by atoms with Crippen LogP contribution in [0.2, 0.25) is 0 Å². The fraction of sp³-hybridized carbons (Fsp3) is 0.632. The first-order valence-electron chi connectivity index (χ1n) is 9.69. The van der Waals surface area contributed by atoms with E-state index >= 15 is 0 Å². The molecular formula is C19H29NO6S2. The Labute approximate surface area is 168 Å². The highest BCUT2D eigenvalue weighted by atomic mass is 32.2. The summed E-state index contributed by atoms with van der Waals surface area (Å²) in [5.41, 5.74) is 0. The highest BCUT2D eigenvalue weighted by Crippen LogP contribution is 2.33. The summed E-state index contributed by atoms with van der Waals surface area (Å²) in [5.74, 6) is -0.751. The van der Waals surface area contributed by atoms with E-state index in [0.29, 0.717) is 32.4 Å². The van der Waals surface area contributed by atoms with Crippen molar-refractivity contribution in [2.45, 2.75) is 61.5 Å². The molecule has 1 aromatic rings. The van der Waals surface area contributed by atoms with Gasteiger partial charge in [0.15, 0.2) is 9.84 Å². The fourth-order valence-electron chi connectivity index (χ4n) is 3.61.